The summed E-state index contributed by atoms with van der Waals surface area (Å²) < 4.78 is 25.6. The van der Waals surface area contributed by atoms with E-state index in [1.807, 2.05) is 0 Å². The predicted molar refractivity (Wildman–Crippen MR) is 190 cm³/mol. The molecule has 0 aliphatic carbocycles. The minimum Gasteiger partial charge on any atom is -0.274 e. The van der Waals surface area contributed by atoms with Gasteiger partial charge in [-0.05, 0) is 65.6 Å². The van der Waals surface area contributed by atoms with Gasteiger partial charge in [-0.1, -0.05) is 165 Å². The molecule has 0 bridgehead atoms. The summed E-state index contributed by atoms with van der Waals surface area (Å²) >= 11 is 0. The van der Waals surface area contributed by atoms with E-state index in [2.05, 4.69) is 92.7 Å². The Labute approximate surface area is 267 Å². The summed E-state index contributed by atoms with van der Waals surface area (Å²) in [6.07, 6.45) is 19.1. The van der Waals surface area contributed by atoms with E-state index in [9.17, 15) is 9.13 Å². The summed E-state index contributed by atoms with van der Waals surface area (Å²) in [4.78, 5) is 0. The van der Waals surface area contributed by atoms with Crippen LogP contribution in [0.25, 0.3) is 0 Å². The predicted octanol–water partition coefficient (Wildman–Crippen LogP) is 12.7. The van der Waals surface area contributed by atoms with Crippen LogP contribution in [0.2, 0.25) is 0 Å². The van der Waals surface area contributed by atoms with Gasteiger partial charge in [-0.3, -0.25) is 9.13 Å². The van der Waals surface area contributed by atoms with E-state index in [1.165, 1.54) is 105 Å². The summed E-state index contributed by atoms with van der Waals surface area (Å²) in [5.74, 6) is 0. The zero-order chi connectivity index (χ0) is 30.5. The lowest BCUT2D eigenvalue weighted by Crippen LogP contribution is -2.13. The molecule has 3 aromatic carbocycles. The molecule has 2 unspecified atom stereocenters. The molecule has 0 spiro atoms. The van der Waals surface area contributed by atoms with Gasteiger partial charge in [-0.25, -0.2) is 0 Å². The third-order valence-corrected chi connectivity index (χ3v) is 13.2. The van der Waals surface area contributed by atoms with Crippen molar-refractivity contribution in [3.8, 4) is 0 Å². The minimum atomic E-state index is -0.678. The molecule has 43 heavy (non-hydrogen) atoms. The Morgan fingerprint density at radius 1 is 0.512 bits per heavy atom. The van der Waals surface area contributed by atoms with Gasteiger partial charge in [0.25, 0.3) is 0 Å². The number of rotatable bonds is 23. The normalized spacial score (nSPS) is 13.7. The lowest BCUT2D eigenvalue weighted by molar-refractivity contribution is 0.592. The summed E-state index contributed by atoms with van der Waals surface area (Å²) in [6.45, 7) is 4.52. The number of hydrogen-bond donors (Lipinski definition) is 0. The Balaban J connectivity index is 1.77. The zero-order valence-corrected chi connectivity index (χ0v) is 29.3. The van der Waals surface area contributed by atoms with Crippen LogP contribution >= 0.6 is 24.8 Å². The van der Waals surface area contributed by atoms with Gasteiger partial charge >= 0.3 is 0 Å². The van der Waals surface area contributed by atoms with Gasteiger partial charge in [0, 0.05) is 0 Å². The second kappa shape index (κ2) is 21.9. The van der Waals surface area contributed by atoms with Crippen LogP contribution < -0.4 is 5.30 Å². The van der Waals surface area contributed by atoms with Crippen molar-refractivity contribution in [3.63, 3.8) is 0 Å². The monoisotopic (exact) mass is 634 g/mol. The lowest BCUT2D eigenvalue weighted by atomic mass is 9.98. The first-order chi connectivity index (χ1) is 21.2. The average molecular weight is 635 g/mol. The molecule has 0 fully saturated rings. The van der Waals surface area contributed by atoms with E-state index in [0.29, 0.717) is 0 Å². The molecular weight excluding hydrogens is 581 g/mol. The molecule has 0 amide bonds. The van der Waals surface area contributed by atoms with Crippen LogP contribution in [0, 0.1) is 0 Å². The van der Waals surface area contributed by atoms with E-state index in [1.54, 1.807) is 0 Å². The number of hydrogen-bond acceptors (Lipinski definition) is 2. The molecule has 0 aliphatic heterocycles. The van der Waals surface area contributed by atoms with Crippen molar-refractivity contribution in [3.05, 3.63) is 101 Å². The van der Waals surface area contributed by atoms with Crippen LogP contribution in [0.3, 0.4) is 0 Å². The number of unbranched alkanes of at least 4 members (excludes halogenated alkanes) is 10. The maximum atomic E-state index is 12.8. The minimum absolute atomic E-state index is 0.0510. The Morgan fingerprint density at radius 3 is 1.35 bits per heavy atom. The van der Waals surface area contributed by atoms with Crippen molar-refractivity contribution in [2.75, 3.05) is 12.3 Å². The molecule has 0 saturated carbocycles. The molecule has 0 heterocycles. The third-order valence-electron chi connectivity index (χ3n) is 8.59. The quantitative estimate of drug-likeness (QED) is 0.0768. The van der Waals surface area contributed by atoms with E-state index in [-0.39, 0.29) is 28.2 Å². The standard InChI is InChI=1S/C38H53O2P3/c1-3-5-7-9-11-14-22-32-24-18-20-28-35(32)37(41-39)30-43(34-26-16-13-17-27-34)31-38(42-40)36-29-21-19-25-33(36)23-15-12-10-8-6-4-2/h13,16-21,24-29,37-38H,3-12,14-15,22-23,30-31H2,1-2H3. The Hall–Kier alpha value is -1.71. The molecule has 232 valence electrons. The highest BCUT2D eigenvalue weighted by Crippen LogP contribution is 2.49. The SMILES string of the molecule is CCCCCCCCc1ccccc1C(CP(CC(P=O)c1ccccc1CCCCCCCC)c1ccccc1)P=O. The summed E-state index contributed by atoms with van der Waals surface area (Å²) in [6, 6.07) is 28.0. The highest BCUT2D eigenvalue weighted by atomic mass is 31.1. The van der Waals surface area contributed by atoms with E-state index < -0.39 is 7.92 Å². The van der Waals surface area contributed by atoms with Crippen LogP contribution in [0.1, 0.15) is 124 Å². The Bertz CT molecular complexity index is 1110. The summed E-state index contributed by atoms with van der Waals surface area (Å²) in [5.41, 5.74) is 5.05. The average Bonchev–Trinajstić information content (AvgIpc) is 3.05. The van der Waals surface area contributed by atoms with Crippen molar-refractivity contribution < 1.29 is 9.13 Å². The van der Waals surface area contributed by atoms with Gasteiger partial charge in [-0.2, -0.15) is 0 Å². The van der Waals surface area contributed by atoms with Crippen LogP contribution in [0.15, 0.2) is 78.9 Å². The van der Waals surface area contributed by atoms with Crippen molar-refractivity contribution in [1.82, 2.24) is 0 Å². The molecule has 0 aromatic heterocycles. The molecular formula is C38H53O2P3. The molecule has 0 saturated heterocycles. The Kier molecular flexibility index (Phi) is 18.2. The van der Waals surface area contributed by atoms with Gasteiger partial charge in [0.05, 0.1) is 11.3 Å². The van der Waals surface area contributed by atoms with Gasteiger partial charge < -0.3 is 0 Å². The summed E-state index contributed by atoms with van der Waals surface area (Å²) in [7, 11) is -0.317. The maximum absolute atomic E-state index is 12.8. The van der Waals surface area contributed by atoms with Gasteiger partial charge in [0.1, 0.15) is 0 Å². The fourth-order valence-electron chi connectivity index (χ4n) is 6.08. The smallest absolute Gasteiger partial charge is 0.163 e. The van der Waals surface area contributed by atoms with Gasteiger partial charge in [-0.15, -0.1) is 0 Å². The maximum Gasteiger partial charge on any atom is 0.163 e. The second-order valence-electron chi connectivity index (χ2n) is 11.9. The fraction of sp³-hybridized carbons (Fsp3) is 0.526. The van der Waals surface area contributed by atoms with Crippen molar-refractivity contribution in [2.45, 2.75) is 115 Å². The van der Waals surface area contributed by atoms with Crippen molar-refractivity contribution in [1.29, 1.82) is 0 Å². The van der Waals surface area contributed by atoms with Crippen LogP contribution in [-0.2, 0) is 22.0 Å². The molecule has 2 atom stereocenters. The lowest BCUT2D eigenvalue weighted by Gasteiger charge is -2.26. The third kappa shape index (κ3) is 12.7. The topological polar surface area (TPSA) is 34.1 Å². The van der Waals surface area contributed by atoms with Crippen molar-refractivity contribution in [2.24, 2.45) is 0 Å². The number of benzene rings is 3. The summed E-state index contributed by atoms with van der Waals surface area (Å²) in [5, 5.41) is 1.31. The molecule has 5 heteroatoms. The molecule has 3 rings (SSSR count). The first kappa shape index (κ1) is 35.8. The van der Waals surface area contributed by atoms with E-state index in [4.69, 9.17) is 0 Å². The van der Waals surface area contributed by atoms with Gasteiger partial charge in [0.15, 0.2) is 16.9 Å². The Morgan fingerprint density at radius 2 is 0.907 bits per heavy atom. The second-order valence-corrected chi connectivity index (χ2v) is 15.9. The van der Waals surface area contributed by atoms with E-state index >= 15 is 0 Å². The molecule has 2 nitrogen and oxygen atoms in total. The van der Waals surface area contributed by atoms with Crippen LogP contribution in [0.5, 0.6) is 0 Å². The molecule has 0 radical (unpaired) electrons. The first-order valence-corrected chi connectivity index (χ1v) is 20.3. The first-order valence-electron chi connectivity index (χ1n) is 16.8. The fourth-order valence-corrected chi connectivity index (χ4v) is 10.9. The largest absolute Gasteiger partial charge is 0.274 e. The van der Waals surface area contributed by atoms with Crippen LogP contribution in [-0.4, -0.2) is 12.3 Å². The van der Waals surface area contributed by atoms with Gasteiger partial charge in [0.2, 0.25) is 0 Å². The van der Waals surface area contributed by atoms with Crippen LogP contribution in [0.4, 0.5) is 0 Å². The molecule has 0 N–H and O–H groups in total. The van der Waals surface area contributed by atoms with E-state index in [0.717, 1.165) is 25.2 Å². The van der Waals surface area contributed by atoms with Crippen molar-refractivity contribution >= 4 is 30.1 Å². The molecule has 3 aromatic rings. The molecule has 0 aliphatic rings. The highest BCUT2D eigenvalue weighted by Gasteiger charge is 2.26. The highest BCUT2D eigenvalue weighted by molar-refractivity contribution is 7.66. The zero-order valence-electron chi connectivity index (χ0n) is 26.6. The number of aryl methyl sites for hydroxylation is 2.